The first kappa shape index (κ1) is 17.9. The topological polar surface area (TPSA) is 75.4 Å². The number of amides is 1. The summed E-state index contributed by atoms with van der Waals surface area (Å²) < 4.78 is 5.54. The van der Waals surface area contributed by atoms with Gasteiger partial charge in [-0.3, -0.25) is 4.79 Å². The van der Waals surface area contributed by atoms with Gasteiger partial charge in [0.2, 0.25) is 5.76 Å². The Labute approximate surface area is 159 Å². The van der Waals surface area contributed by atoms with E-state index in [2.05, 4.69) is 20.9 Å². The molecule has 2 aliphatic rings. The number of rotatable bonds is 3. The van der Waals surface area contributed by atoms with E-state index < -0.39 is 0 Å². The number of aryl methyl sites for hydroxylation is 3. The molecule has 0 N–H and O–H groups in total. The fraction of sp³-hybridized carbons (Fsp3) is 0.600. The van der Waals surface area contributed by atoms with Crippen molar-refractivity contribution in [3.05, 3.63) is 34.9 Å². The number of nitrogens with zero attached hydrogens (tertiary/aromatic N) is 5. The van der Waals surface area contributed by atoms with Crippen molar-refractivity contribution >= 4 is 11.7 Å². The molecule has 1 atom stereocenters. The third-order valence-corrected chi connectivity index (χ3v) is 5.50. The minimum absolute atomic E-state index is 0.0663. The number of carbonyl (C=O) groups is 1. The molecule has 0 aromatic carbocycles. The zero-order valence-corrected chi connectivity index (χ0v) is 16.4. The summed E-state index contributed by atoms with van der Waals surface area (Å²) in [4.78, 5) is 30.7. The minimum Gasteiger partial charge on any atom is -0.436 e. The van der Waals surface area contributed by atoms with E-state index in [0.717, 1.165) is 49.8 Å². The van der Waals surface area contributed by atoms with Crippen LogP contribution in [0.4, 0.5) is 5.82 Å². The van der Waals surface area contributed by atoms with Crippen molar-refractivity contribution in [1.29, 1.82) is 0 Å². The van der Waals surface area contributed by atoms with Crippen LogP contribution in [0, 0.1) is 20.8 Å². The van der Waals surface area contributed by atoms with E-state index in [-0.39, 0.29) is 11.8 Å². The number of oxazole rings is 1. The lowest BCUT2D eigenvalue weighted by Gasteiger charge is -2.32. The molecule has 4 rings (SSSR count). The van der Waals surface area contributed by atoms with Crippen LogP contribution in [0.1, 0.15) is 65.3 Å². The van der Waals surface area contributed by atoms with Crippen LogP contribution in [-0.2, 0) is 0 Å². The number of anilines is 1. The third kappa shape index (κ3) is 3.68. The fourth-order valence-electron chi connectivity index (χ4n) is 4.17. The van der Waals surface area contributed by atoms with Crippen molar-refractivity contribution in [3.8, 4) is 0 Å². The van der Waals surface area contributed by atoms with Gasteiger partial charge in [-0.05, 0) is 39.5 Å². The molecule has 0 bridgehead atoms. The van der Waals surface area contributed by atoms with E-state index in [1.165, 1.54) is 12.8 Å². The second-order valence-corrected chi connectivity index (χ2v) is 7.63. The highest BCUT2D eigenvalue weighted by atomic mass is 16.4. The summed E-state index contributed by atoms with van der Waals surface area (Å²) >= 11 is 0. The third-order valence-electron chi connectivity index (χ3n) is 5.50. The number of hydrogen-bond donors (Lipinski definition) is 0. The lowest BCUT2D eigenvalue weighted by molar-refractivity contribution is 0.0671. The van der Waals surface area contributed by atoms with E-state index in [1.54, 1.807) is 6.92 Å². The van der Waals surface area contributed by atoms with Gasteiger partial charge in [0.1, 0.15) is 11.6 Å². The Morgan fingerprint density at radius 3 is 2.56 bits per heavy atom. The maximum absolute atomic E-state index is 12.9. The van der Waals surface area contributed by atoms with Crippen LogP contribution in [0.5, 0.6) is 0 Å². The first-order chi connectivity index (χ1) is 13.0. The van der Waals surface area contributed by atoms with Crippen molar-refractivity contribution in [3.63, 3.8) is 0 Å². The van der Waals surface area contributed by atoms with E-state index in [1.807, 2.05) is 18.7 Å². The highest BCUT2D eigenvalue weighted by Gasteiger charge is 2.30. The van der Waals surface area contributed by atoms with Crippen molar-refractivity contribution in [2.75, 3.05) is 31.1 Å². The number of aromatic nitrogens is 3. The van der Waals surface area contributed by atoms with Crippen LogP contribution >= 0.6 is 0 Å². The molecule has 144 valence electrons. The highest BCUT2D eigenvalue weighted by molar-refractivity contribution is 5.92. The molecule has 0 radical (unpaired) electrons. The fourth-order valence-corrected chi connectivity index (χ4v) is 4.17. The predicted octanol–water partition coefficient (Wildman–Crippen LogP) is 3.01. The second kappa shape index (κ2) is 7.29. The predicted molar refractivity (Wildman–Crippen MR) is 102 cm³/mol. The Balaban J connectivity index is 1.54. The summed E-state index contributed by atoms with van der Waals surface area (Å²) in [7, 11) is 0. The molecule has 0 saturated carbocycles. The monoisotopic (exact) mass is 369 g/mol. The first-order valence-electron chi connectivity index (χ1n) is 9.85. The van der Waals surface area contributed by atoms with Gasteiger partial charge in [-0.2, -0.15) is 0 Å². The molecular formula is C20H27N5O2. The molecule has 2 aliphatic heterocycles. The molecule has 1 unspecified atom stereocenters. The lowest BCUT2D eigenvalue weighted by atomic mass is 9.94. The van der Waals surface area contributed by atoms with E-state index in [9.17, 15) is 4.79 Å². The Bertz CT molecular complexity index is 841. The summed E-state index contributed by atoms with van der Waals surface area (Å²) in [6, 6.07) is 2.13. The summed E-state index contributed by atoms with van der Waals surface area (Å²) in [5, 5.41) is 0. The Kier molecular flexibility index (Phi) is 4.85. The average Bonchev–Trinajstić information content (AvgIpc) is 3.30. The first-order valence-corrected chi connectivity index (χ1v) is 9.85. The van der Waals surface area contributed by atoms with Crippen LogP contribution in [-0.4, -0.2) is 51.9 Å². The van der Waals surface area contributed by atoms with Gasteiger partial charge in [0.05, 0.1) is 11.4 Å². The van der Waals surface area contributed by atoms with Crippen LogP contribution in [0.2, 0.25) is 0 Å². The Hall–Kier alpha value is -2.44. The van der Waals surface area contributed by atoms with Gasteiger partial charge in [0.25, 0.3) is 5.91 Å². The van der Waals surface area contributed by atoms with Gasteiger partial charge in [-0.1, -0.05) is 0 Å². The molecule has 4 heterocycles. The Morgan fingerprint density at radius 1 is 1.07 bits per heavy atom. The van der Waals surface area contributed by atoms with Gasteiger partial charge in [0, 0.05) is 45.1 Å². The molecular weight excluding hydrogens is 342 g/mol. The molecule has 2 aromatic rings. The number of carbonyl (C=O) groups excluding carboxylic acids is 1. The summed E-state index contributed by atoms with van der Waals surface area (Å²) in [5.74, 6) is 2.90. The maximum Gasteiger partial charge on any atom is 0.291 e. The van der Waals surface area contributed by atoms with Gasteiger partial charge in [-0.25, -0.2) is 15.0 Å². The van der Waals surface area contributed by atoms with E-state index in [4.69, 9.17) is 9.40 Å². The molecule has 1 amide bonds. The SMILES string of the molecule is Cc1nc(C2CCCN(C(=O)c3oc(C)nc3C)C2)cc(N2CCCC2)n1. The number of likely N-dealkylation sites (tertiary alicyclic amines) is 1. The second-order valence-electron chi connectivity index (χ2n) is 7.63. The molecule has 7 nitrogen and oxygen atoms in total. The van der Waals surface area contributed by atoms with Crippen molar-refractivity contribution in [2.24, 2.45) is 0 Å². The highest BCUT2D eigenvalue weighted by Crippen LogP contribution is 2.29. The zero-order chi connectivity index (χ0) is 19.0. The normalized spacial score (nSPS) is 20.3. The summed E-state index contributed by atoms with van der Waals surface area (Å²) in [6.45, 7) is 9.08. The average molecular weight is 369 g/mol. The van der Waals surface area contributed by atoms with Crippen LogP contribution in [0.3, 0.4) is 0 Å². The number of piperidine rings is 1. The van der Waals surface area contributed by atoms with Gasteiger partial charge in [0.15, 0.2) is 5.89 Å². The zero-order valence-electron chi connectivity index (χ0n) is 16.4. The van der Waals surface area contributed by atoms with E-state index >= 15 is 0 Å². The Morgan fingerprint density at radius 2 is 1.85 bits per heavy atom. The molecule has 0 spiro atoms. The molecule has 2 fully saturated rings. The molecule has 2 saturated heterocycles. The smallest absolute Gasteiger partial charge is 0.291 e. The molecule has 2 aromatic heterocycles. The maximum atomic E-state index is 12.9. The van der Waals surface area contributed by atoms with E-state index in [0.29, 0.717) is 23.9 Å². The van der Waals surface area contributed by atoms with Gasteiger partial charge in [-0.15, -0.1) is 0 Å². The van der Waals surface area contributed by atoms with Gasteiger partial charge < -0.3 is 14.2 Å². The molecule has 7 heteroatoms. The van der Waals surface area contributed by atoms with Crippen molar-refractivity contribution in [1.82, 2.24) is 19.9 Å². The standard InChI is InChI=1S/C20H27N5O2/c1-13-19(27-15(3)21-13)20(26)25-10-6-7-16(12-25)17-11-18(23-14(2)22-17)24-8-4-5-9-24/h11,16H,4-10,12H2,1-3H3. The van der Waals surface area contributed by atoms with Crippen LogP contribution in [0.25, 0.3) is 0 Å². The van der Waals surface area contributed by atoms with Crippen molar-refractivity contribution < 1.29 is 9.21 Å². The molecule has 27 heavy (non-hydrogen) atoms. The molecule has 0 aliphatic carbocycles. The largest absolute Gasteiger partial charge is 0.436 e. The number of hydrogen-bond acceptors (Lipinski definition) is 6. The lowest BCUT2D eigenvalue weighted by Crippen LogP contribution is -2.39. The quantitative estimate of drug-likeness (QED) is 0.828. The summed E-state index contributed by atoms with van der Waals surface area (Å²) in [6.07, 6.45) is 4.44. The summed E-state index contributed by atoms with van der Waals surface area (Å²) in [5.41, 5.74) is 1.71. The van der Waals surface area contributed by atoms with Crippen LogP contribution < -0.4 is 4.90 Å². The van der Waals surface area contributed by atoms with Crippen molar-refractivity contribution in [2.45, 2.75) is 52.4 Å². The van der Waals surface area contributed by atoms with Crippen LogP contribution in [0.15, 0.2) is 10.5 Å². The minimum atomic E-state index is -0.0663. The van der Waals surface area contributed by atoms with Gasteiger partial charge >= 0.3 is 0 Å².